The van der Waals surface area contributed by atoms with Crippen molar-refractivity contribution >= 4 is 38.4 Å². The monoisotopic (exact) mass is 507 g/mol. The quantitative estimate of drug-likeness (QED) is 0.348. The maximum Gasteiger partial charge on any atom is 0.421 e. The summed E-state index contributed by atoms with van der Waals surface area (Å²) in [7, 11) is -2.31. The molecule has 4 rings (SSSR count). The zero-order valence-corrected chi connectivity index (χ0v) is 19.3. The van der Waals surface area contributed by atoms with Crippen LogP contribution < -0.4 is 15.0 Å². The Morgan fingerprint density at radius 2 is 1.91 bits per heavy atom. The average Bonchev–Trinajstić information content (AvgIpc) is 3.11. The van der Waals surface area contributed by atoms with Gasteiger partial charge in [-0.05, 0) is 17.7 Å². The highest BCUT2D eigenvalue weighted by atomic mass is 32.2. The van der Waals surface area contributed by atoms with E-state index in [-0.39, 0.29) is 24.1 Å². The molecule has 0 aliphatic rings. The van der Waals surface area contributed by atoms with Gasteiger partial charge in [0, 0.05) is 37.4 Å². The largest absolute Gasteiger partial charge is 0.493 e. The number of pyridine rings is 1. The summed E-state index contributed by atoms with van der Waals surface area (Å²) in [6, 6.07) is 9.94. The van der Waals surface area contributed by atoms with Crippen LogP contribution in [0.5, 0.6) is 5.88 Å². The minimum atomic E-state index is -4.76. The van der Waals surface area contributed by atoms with Crippen molar-refractivity contribution in [2.75, 3.05) is 28.4 Å². The summed E-state index contributed by atoms with van der Waals surface area (Å²) in [4.78, 5) is 11.6. The van der Waals surface area contributed by atoms with E-state index in [1.807, 2.05) is 0 Å². The Bertz CT molecular complexity index is 1490. The Balaban J connectivity index is 1.67. The minimum absolute atomic E-state index is 0.186. The van der Waals surface area contributed by atoms with Gasteiger partial charge in [-0.1, -0.05) is 18.2 Å². The van der Waals surface area contributed by atoms with E-state index in [0.717, 1.165) is 10.6 Å². The number of aromatic hydroxyl groups is 1. The summed E-state index contributed by atoms with van der Waals surface area (Å²) in [5, 5.41) is 13.6. The van der Waals surface area contributed by atoms with Crippen LogP contribution >= 0.6 is 0 Å². The molecule has 0 spiro atoms. The normalized spacial score (nSPS) is 12.0. The lowest BCUT2D eigenvalue weighted by Gasteiger charge is -2.20. The lowest BCUT2D eigenvalue weighted by atomic mass is 10.2. The predicted octanol–water partition coefficient (Wildman–Crippen LogP) is 3.43. The third-order valence-electron chi connectivity index (χ3n) is 5.17. The predicted molar refractivity (Wildman–Crippen MR) is 124 cm³/mol. The van der Waals surface area contributed by atoms with Gasteiger partial charge in [0.15, 0.2) is 0 Å². The van der Waals surface area contributed by atoms with Crippen LogP contribution in [0.3, 0.4) is 0 Å². The zero-order chi connectivity index (χ0) is 25.4. The summed E-state index contributed by atoms with van der Waals surface area (Å²) in [5.41, 5.74) is 2.73. The number of alkyl halides is 3. The van der Waals surface area contributed by atoms with Crippen LogP contribution in [-0.4, -0.2) is 46.5 Å². The Morgan fingerprint density at radius 1 is 1.17 bits per heavy atom. The third kappa shape index (κ3) is 5.06. The van der Waals surface area contributed by atoms with E-state index in [1.165, 1.54) is 36.3 Å². The number of anilines is 3. The summed E-state index contributed by atoms with van der Waals surface area (Å²) < 4.78 is 67.0. The Labute approximate surface area is 198 Å². The van der Waals surface area contributed by atoms with Crippen molar-refractivity contribution in [1.29, 1.82) is 0 Å². The molecule has 0 atom stereocenters. The van der Waals surface area contributed by atoms with E-state index < -0.39 is 27.6 Å². The molecule has 4 aromatic rings. The van der Waals surface area contributed by atoms with Gasteiger partial charge in [-0.25, -0.2) is 18.1 Å². The SMILES string of the molecule is CN(c1cnccc1CNc1nc(Nn2c(O)cc3ccccc32)ncc1C(F)(F)F)S(C)(=O)=O. The second kappa shape index (κ2) is 8.94. The molecule has 0 saturated heterocycles. The van der Waals surface area contributed by atoms with Crippen molar-refractivity contribution < 1.29 is 26.7 Å². The first-order chi connectivity index (χ1) is 16.4. The highest BCUT2D eigenvalue weighted by molar-refractivity contribution is 7.92. The molecule has 0 amide bonds. The zero-order valence-electron chi connectivity index (χ0n) is 18.4. The number of fused-ring (bicyclic) bond motifs is 1. The van der Waals surface area contributed by atoms with Gasteiger partial charge in [0.1, 0.15) is 11.4 Å². The Hall–Kier alpha value is -4.07. The molecule has 3 N–H and O–H groups in total. The first-order valence-corrected chi connectivity index (χ1v) is 11.9. The minimum Gasteiger partial charge on any atom is -0.493 e. The second-order valence-electron chi connectivity index (χ2n) is 7.55. The van der Waals surface area contributed by atoms with E-state index >= 15 is 0 Å². The maximum atomic E-state index is 13.6. The topological polar surface area (TPSA) is 125 Å². The highest BCUT2D eigenvalue weighted by Gasteiger charge is 2.35. The Morgan fingerprint density at radius 3 is 2.63 bits per heavy atom. The van der Waals surface area contributed by atoms with Crippen molar-refractivity contribution in [1.82, 2.24) is 19.6 Å². The standard InChI is InChI=1S/C21H20F3N7O3S/c1-30(35(2,33)34)17-12-25-8-7-14(17)10-26-19-15(21(22,23)24)11-27-20(28-19)29-31-16-6-4-3-5-13(16)9-18(31)32/h3-9,11-12,32H,10H2,1-2H3,(H2,26,27,28,29). The summed E-state index contributed by atoms with van der Waals surface area (Å²) in [6.07, 6.45) is -0.435. The van der Waals surface area contributed by atoms with Gasteiger partial charge in [-0.15, -0.1) is 0 Å². The summed E-state index contributed by atoms with van der Waals surface area (Å²) >= 11 is 0. The number of benzene rings is 1. The third-order valence-corrected chi connectivity index (χ3v) is 6.36. The van der Waals surface area contributed by atoms with E-state index in [9.17, 15) is 26.7 Å². The molecule has 35 heavy (non-hydrogen) atoms. The summed E-state index contributed by atoms with van der Waals surface area (Å²) in [5.74, 6) is -0.925. The molecule has 3 heterocycles. The summed E-state index contributed by atoms with van der Waals surface area (Å²) in [6.45, 7) is -0.186. The number of sulfonamides is 1. The van der Waals surface area contributed by atoms with Crippen LogP contribution in [-0.2, 0) is 22.7 Å². The van der Waals surface area contributed by atoms with Gasteiger partial charge in [-0.3, -0.25) is 14.7 Å². The van der Waals surface area contributed by atoms with Crippen LogP contribution in [0.2, 0.25) is 0 Å². The second-order valence-corrected chi connectivity index (χ2v) is 9.56. The number of hydrogen-bond donors (Lipinski definition) is 3. The molecule has 0 aliphatic carbocycles. The lowest BCUT2D eigenvalue weighted by molar-refractivity contribution is -0.137. The van der Waals surface area contributed by atoms with E-state index in [4.69, 9.17) is 0 Å². The van der Waals surface area contributed by atoms with E-state index in [1.54, 1.807) is 24.3 Å². The number of rotatable bonds is 7. The molecule has 14 heteroatoms. The fraction of sp³-hybridized carbons (Fsp3) is 0.190. The Kier molecular flexibility index (Phi) is 6.15. The first-order valence-electron chi connectivity index (χ1n) is 10.1. The molecule has 3 aromatic heterocycles. The molecule has 184 valence electrons. The van der Waals surface area contributed by atoms with Crippen LogP contribution in [0.25, 0.3) is 10.9 Å². The smallest absolute Gasteiger partial charge is 0.421 e. The molecule has 10 nitrogen and oxygen atoms in total. The van der Waals surface area contributed by atoms with Crippen LogP contribution in [0, 0.1) is 0 Å². The molecule has 0 bridgehead atoms. The van der Waals surface area contributed by atoms with Gasteiger partial charge in [-0.2, -0.15) is 18.2 Å². The van der Waals surface area contributed by atoms with Crippen molar-refractivity contribution in [2.24, 2.45) is 0 Å². The van der Waals surface area contributed by atoms with E-state index in [0.29, 0.717) is 22.7 Å². The molecule has 0 aliphatic heterocycles. The van der Waals surface area contributed by atoms with Gasteiger partial charge in [0.2, 0.25) is 21.9 Å². The fourth-order valence-corrected chi connectivity index (χ4v) is 3.86. The highest BCUT2D eigenvalue weighted by Crippen LogP contribution is 2.34. The van der Waals surface area contributed by atoms with E-state index in [2.05, 4.69) is 25.7 Å². The van der Waals surface area contributed by atoms with Gasteiger partial charge >= 0.3 is 6.18 Å². The van der Waals surface area contributed by atoms with Crippen LogP contribution in [0.15, 0.2) is 55.0 Å². The van der Waals surface area contributed by atoms with Gasteiger partial charge in [0.25, 0.3) is 0 Å². The number of para-hydroxylation sites is 1. The fourth-order valence-electron chi connectivity index (χ4n) is 3.34. The average molecular weight is 507 g/mol. The molecule has 0 saturated carbocycles. The van der Waals surface area contributed by atoms with Gasteiger partial charge in [0.05, 0.1) is 23.7 Å². The number of halogens is 3. The molecule has 0 unspecified atom stereocenters. The molecular formula is C21H20F3N7O3S. The number of nitrogens with zero attached hydrogens (tertiary/aromatic N) is 5. The maximum absolute atomic E-state index is 13.6. The molecule has 0 fully saturated rings. The van der Waals surface area contributed by atoms with Gasteiger partial charge < -0.3 is 10.4 Å². The van der Waals surface area contributed by atoms with Crippen molar-refractivity contribution in [3.8, 4) is 5.88 Å². The number of aromatic nitrogens is 4. The lowest BCUT2D eigenvalue weighted by Crippen LogP contribution is -2.26. The van der Waals surface area contributed by atoms with Crippen LogP contribution in [0.1, 0.15) is 11.1 Å². The van der Waals surface area contributed by atoms with Crippen LogP contribution in [0.4, 0.5) is 30.6 Å². The molecular weight excluding hydrogens is 487 g/mol. The molecule has 0 radical (unpaired) electrons. The first kappa shape index (κ1) is 24.1. The van der Waals surface area contributed by atoms with Crippen molar-refractivity contribution in [3.63, 3.8) is 0 Å². The van der Waals surface area contributed by atoms with Crippen molar-refractivity contribution in [3.05, 3.63) is 66.1 Å². The number of nitrogens with one attached hydrogen (secondary N) is 2. The number of hydrogen-bond acceptors (Lipinski definition) is 8. The molecule has 1 aromatic carbocycles. The van der Waals surface area contributed by atoms with Crippen molar-refractivity contribution in [2.45, 2.75) is 12.7 Å².